The lowest BCUT2D eigenvalue weighted by Crippen LogP contribution is -2.01. The Kier molecular flexibility index (Phi) is 3.81. The summed E-state index contributed by atoms with van der Waals surface area (Å²) in [7, 11) is 1.90. The van der Waals surface area contributed by atoms with Crippen LogP contribution in [0.3, 0.4) is 0 Å². The van der Waals surface area contributed by atoms with Crippen LogP contribution in [-0.4, -0.2) is 19.6 Å². The fraction of sp³-hybridized carbons (Fsp3) is 0.250. The second kappa shape index (κ2) is 5.33. The van der Waals surface area contributed by atoms with Crippen LogP contribution in [0, 0.1) is 0 Å². The standard InChI is InChI=1S/C12H13NO2S2/c1-3-15-12(14)10-5-4-8(16-10)9-6-7-11(13-2)17-9/h4-7,13H,3H2,1-2H3. The molecule has 5 heteroatoms. The third-order valence-electron chi connectivity index (χ3n) is 2.18. The van der Waals surface area contributed by atoms with Crippen LogP contribution in [0.25, 0.3) is 9.75 Å². The molecule has 0 saturated carbocycles. The largest absolute Gasteiger partial charge is 0.462 e. The number of ether oxygens (including phenoxy) is 1. The summed E-state index contributed by atoms with van der Waals surface area (Å²) in [5.41, 5.74) is 0. The average molecular weight is 267 g/mol. The highest BCUT2D eigenvalue weighted by Crippen LogP contribution is 2.35. The Bertz CT molecular complexity index is 516. The molecule has 0 aromatic carbocycles. The lowest BCUT2D eigenvalue weighted by Gasteiger charge is -1.96. The van der Waals surface area contributed by atoms with Crippen molar-refractivity contribution in [2.24, 2.45) is 0 Å². The lowest BCUT2D eigenvalue weighted by molar-refractivity contribution is 0.0532. The summed E-state index contributed by atoms with van der Waals surface area (Å²) in [6.07, 6.45) is 0. The Balaban J connectivity index is 2.20. The van der Waals surface area contributed by atoms with E-state index in [1.165, 1.54) is 11.3 Å². The van der Waals surface area contributed by atoms with E-state index < -0.39 is 0 Å². The van der Waals surface area contributed by atoms with Gasteiger partial charge in [-0.3, -0.25) is 0 Å². The van der Waals surface area contributed by atoms with E-state index in [0.717, 1.165) is 14.8 Å². The van der Waals surface area contributed by atoms with Crippen molar-refractivity contribution >= 4 is 33.6 Å². The molecule has 0 unspecified atom stereocenters. The molecule has 0 fully saturated rings. The fourth-order valence-electron chi connectivity index (χ4n) is 1.39. The highest BCUT2D eigenvalue weighted by Gasteiger charge is 2.11. The quantitative estimate of drug-likeness (QED) is 0.858. The molecule has 17 heavy (non-hydrogen) atoms. The molecule has 0 aliphatic rings. The maximum Gasteiger partial charge on any atom is 0.348 e. The van der Waals surface area contributed by atoms with Crippen LogP contribution in [-0.2, 0) is 4.74 Å². The molecule has 3 nitrogen and oxygen atoms in total. The maximum absolute atomic E-state index is 11.5. The average Bonchev–Trinajstić information content (AvgIpc) is 2.98. The Morgan fingerprint density at radius 2 is 1.94 bits per heavy atom. The molecule has 0 radical (unpaired) electrons. The molecule has 0 spiro atoms. The van der Waals surface area contributed by atoms with Crippen LogP contribution in [0.5, 0.6) is 0 Å². The van der Waals surface area contributed by atoms with E-state index in [9.17, 15) is 4.79 Å². The van der Waals surface area contributed by atoms with Gasteiger partial charge in [0.15, 0.2) is 0 Å². The third kappa shape index (κ3) is 2.68. The second-order valence-corrected chi connectivity index (χ2v) is 5.47. The topological polar surface area (TPSA) is 38.3 Å². The van der Waals surface area contributed by atoms with Gasteiger partial charge in [0.25, 0.3) is 0 Å². The minimum absolute atomic E-state index is 0.242. The van der Waals surface area contributed by atoms with Crippen molar-refractivity contribution in [1.29, 1.82) is 0 Å². The van der Waals surface area contributed by atoms with Crippen LogP contribution in [0.2, 0.25) is 0 Å². The van der Waals surface area contributed by atoms with Crippen molar-refractivity contribution in [2.45, 2.75) is 6.92 Å². The van der Waals surface area contributed by atoms with Gasteiger partial charge in [0.1, 0.15) is 4.88 Å². The number of carbonyl (C=O) groups is 1. The van der Waals surface area contributed by atoms with Crippen LogP contribution in [0.15, 0.2) is 24.3 Å². The molecule has 0 aliphatic carbocycles. The zero-order chi connectivity index (χ0) is 12.3. The molecule has 2 aromatic heterocycles. The second-order valence-electron chi connectivity index (χ2n) is 3.30. The van der Waals surface area contributed by atoms with Gasteiger partial charge in [-0.1, -0.05) is 0 Å². The first-order valence-electron chi connectivity index (χ1n) is 5.29. The summed E-state index contributed by atoms with van der Waals surface area (Å²) in [6.45, 7) is 2.22. The summed E-state index contributed by atoms with van der Waals surface area (Å²) in [5.74, 6) is -0.242. The van der Waals surface area contributed by atoms with Gasteiger partial charge in [-0.15, -0.1) is 22.7 Å². The molecule has 0 aliphatic heterocycles. The number of hydrogen-bond donors (Lipinski definition) is 1. The van der Waals surface area contributed by atoms with Gasteiger partial charge in [-0.2, -0.15) is 0 Å². The molecular weight excluding hydrogens is 254 g/mol. The van der Waals surface area contributed by atoms with Gasteiger partial charge in [0, 0.05) is 16.8 Å². The van der Waals surface area contributed by atoms with E-state index in [1.807, 2.05) is 32.2 Å². The van der Waals surface area contributed by atoms with Gasteiger partial charge < -0.3 is 10.1 Å². The monoisotopic (exact) mass is 267 g/mol. The maximum atomic E-state index is 11.5. The van der Waals surface area contributed by atoms with Gasteiger partial charge in [0.05, 0.1) is 11.6 Å². The molecule has 2 heterocycles. The van der Waals surface area contributed by atoms with Crippen molar-refractivity contribution in [3.05, 3.63) is 29.1 Å². The number of anilines is 1. The van der Waals surface area contributed by atoms with Gasteiger partial charge in [-0.25, -0.2) is 4.79 Å². The fourth-order valence-corrected chi connectivity index (χ4v) is 3.24. The number of hydrogen-bond acceptors (Lipinski definition) is 5. The van der Waals surface area contributed by atoms with Crippen molar-refractivity contribution in [3.8, 4) is 9.75 Å². The van der Waals surface area contributed by atoms with E-state index in [4.69, 9.17) is 4.74 Å². The first-order chi connectivity index (χ1) is 8.24. The number of rotatable bonds is 4. The molecule has 0 amide bonds. The molecule has 0 bridgehead atoms. The van der Waals surface area contributed by atoms with Crippen molar-refractivity contribution in [3.63, 3.8) is 0 Å². The minimum Gasteiger partial charge on any atom is -0.462 e. The predicted octanol–water partition coefficient (Wildman–Crippen LogP) is 3.70. The van der Waals surface area contributed by atoms with E-state index in [2.05, 4.69) is 11.4 Å². The number of carbonyl (C=O) groups excluding carboxylic acids is 1. The SMILES string of the molecule is CCOC(=O)c1ccc(-c2ccc(NC)s2)s1. The predicted molar refractivity (Wildman–Crippen MR) is 73.1 cm³/mol. The van der Waals surface area contributed by atoms with Gasteiger partial charge >= 0.3 is 5.97 Å². The van der Waals surface area contributed by atoms with Crippen molar-refractivity contribution in [1.82, 2.24) is 0 Å². The summed E-state index contributed by atoms with van der Waals surface area (Å²) < 4.78 is 4.97. The molecular formula is C12H13NO2S2. The minimum atomic E-state index is -0.242. The van der Waals surface area contributed by atoms with Crippen molar-refractivity contribution in [2.75, 3.05) is 19.0 Å². The molecule has 1 N–H and O–H groups in total. The molecule has 0 saturated heterocycles. The molecule has 90 valence electrons. The number of nitrogens with one attached hydrogen (secondary N) is 1. The lowest BCUT2D eigenvalue weighted by atomic mass is 10.3. The van der Waals surface area contributed by atoms with Crippen LogP contribution in [0.4, 0.5) is 5.00 Å². The molecule has 0 atom stereocenters. The summed E-state index contributed by atoms with van der Waals surface area (Å²) in [6, 6.07) is 7.86. The number of esters is 1. The Morgan fingerprint density at radius 3 is 2.59 bits per heavy atom. The Morgan fingerprint density at radius 1 is 1.24 bits per heavy atom. The molecule has 2 aromatic rings. The zero-order valence-corrected chi connectivity index (χ0v) is 11.3. The normalized spacial score (nSPS) is 10.2. The zero-order valence-electron chi connectivity index (χ0n) is 9.65. The van der Waals surface area contributed by atoms with Crippen LogP contribution >= 0.6 is 22.7 Å². The molecule has 2 rings (SSSR count). The summed E-state index contributed by atoms with van der Waals surface area (Å²) in [4.78, 5) is 14.4. The third-order valence-corrected chi connectivity index (χ3v) is 4.54. The van der Waals surface area contributed by atoms with Crippen molar-refractivity contribution < 1.29 is 9.53 Å². The van der Waals surface area contributed by atoms with Crippen LogP contribution < -0.4 is 5.32 Å². The van der Waals surface area contributed by atoms with Gasteiger partial charge in [-0.05, 0) is 31.2 Å². The van der Waals surface area contributed by atoms with E-state index in [1.54, 1.807) is 11.3 Å². The highest BCUT2D eigenvalue weighted by molar-refractivity contribution is 7.24. The summed E-state index contributed by atoms with van der Waals surface area (Å²) >= 11 is 3.14. The summed E-state index contributed by atoms with van der Waals surface area (Å²) in [5, 5.41) is 4.22. The van der Waals surface area contributed by atoms with E-state index in [-0.39, 0.29) is 5.97 Å². The van der Waals surface area contributed by atoms with Gasteiger partial charge in [0.2, 0.25) is 0 Å². The number of thiophene rings is 2. The Labute approximate surface area is 108 Å². The first-order valence-corrected chi connectivity index (χ1v) is 6.92. The van der Waals surface area contributed by atoms with E-state index >= 15 is 0 Å². The Hall–Kier alpha value is -1.33. The smallest absolute Gasteiger partial charge is 0.348 e. The van der Waals surface area contributed by atoms with E-state index in [0.29, 0.717) is 11.5 Å². The van der Waals surface area contributed by atoms with Crippen LogP contribution in [0.1, 0.15) is 16.6 Å². The first kappa shape index (κ1) is 12.1. The highest BCUT2D eigenvalue weighted by atomic mass is 32.1.